The van der Waals surface area contributed by atoms with E-state index in [0.29, 0.717) is 11.6 Å². The SMILES string of the molecule is C[C@H](C(=O)N1CC(=O)Nc2ccccc21)N1CCC(Cc2ccccc2)CC1. The monoisotopic (exact) mass is 377 g/mol. The van der Waals surface area contributed by atoms with Crippen LogP contribution in [0.25, 0.3) is 0 Å². The van der Waals surface area contributed by atoms with Gasteiger partial charge in [-0.15, -0.1) is 0 Å². The first-order chi connectivity index (χ1) is 13.6. The number of hydrogen-bond acceptors (Lipinski definition) is 3. The summed E-state index contributed by atoms with van der Waals surface area (Å²) in [5.74, 6) is 0.534. The Bertz CT molecular complexity index is 844. The molecule has 1 atom stereocenters. The van der Waals surface area contributed by atoms with Gasteiger partial charge in [-0.3, -0.25) is 19.4 Å². The molecule has 1 N–H and O–H groups in total. The minimum atomic E-state index is -0.225. The Labute approximate surface area is 166 Å². The second-order valence-electron chi connectivity index (χ2n) is 7.83. The Kier molecular flexibility index (Phi) is 5.44. The van der Waals surface area contributed by atoms with E-state index < -0.39 is 0 Å². The van der Waals surface area contributed by atoms with Crippen molar-refractivity contribution in [2.45, 2.75) is 32.2 Å². The smallest absolute Gasteiger partial charge is 0.244 e. The Morgan fingerprint density at radius 3 is 2.50 bits per heavy atom. The lowest BCUT2D eigenvalue weighted by Gasteiger charge is -2.38. The third-order valence-electron chi connectivity index (χ3n) is 5.96. The van der Waals surface area contributed by atoms with Crippen LogP contribution < -0.4 is 10.2 Å². The molecule has 0 aliphatic carbocycles. The first kappa shape index (κ1) is 18.7. The van der Waals surface area contributed by atoms with Crippen molar-refractivity contribution in [3.8, 4) is 0 Å². The van der Waals surface area contributed by atoms with Gasteiger partial charge in [0.05, 0.1) is 17.4 Å². The molecule has 0 unspecified atom stereocenters. The van der Waals surface area contributed by atoms with E-state index in [1.54, 1.807) is 4.90 Å². The van der Waals surface area contributed by atoms with Crippen LogP contribution in [0.4, 0.5) is 11.4 Å². The first-order valence-corrected chi connectivity index (χ1v) is 10.1. The molecule has 28 heavy (non-hydrogen) atoms. The van der Waals surface area contributed by atoms with Crippen molar-refractivity contribution in [3.63, 3.8) is 0 Å². The molecular formula is C23H27N3O2. The van der Waals surface area contributed by atoms with Gasteiger partial charge in [-0.1, -0.05) is 42.5 Å². The number of amides is 2. The minimum absolute atomic E-state index is 0.00353. The molecule has 146 valence electrons. The summed E-state index contributed by atoms with van der Waals surface area (Å²) < 4.78 is 0. The van der Waals surface area contributed by atoms with E-state index in [0.717, 1.165) is 38.0 Å². The molecule has 2 aromatic carbocycles. The molecule has 0 aromatic heterocycles. The van der Waals surface area contributed by atoms with E-state index in [1.807, 2.05) is 31.2 Å². The Balaban J connectivity index is 1.38. The van der Waals surface area contributed by atoms with Gasteiger partial charge in [-0.25, -0.2) is 0 Å². The fraction of sp³-hybridized carbons (Fsp3) is 0.391. The van der Waals surface area contributed by atoms with Crippen LogP contribution in [0.15, 0.2) is 54.6 Å². The highest BCUT2D eigenvalue weighted by Gasteiger charge is 2.33. The Morgan fingerprint density at radius 2 is 1.75 bits per heavy atom. The molecule has 2 aromatic rings. The maximum absolute atomic E-state index is 13.2. The number of fused-ring (bicyclic) bond motifs is 1. The van der Waals surface area contributed by atoms with Gasteiger partial charge in [-0.2, -0.15) is 0 Å². The number of carbonyl (C=O) groups is 2. The van der Waals surface area contributed by atoms with E-state index in [-0.39, 0.29) is 24.4 Å². The summed E-state index contributed by atoms with van der Waals surface area (Å²) in [5, 5.41) is 2.85. The molecular weight excluding hydrogens is 350 g/mol. The summed E-state index contributed by atoms with van der Waals surface area (Å²) in [5.41, 5.74) is 2.89. The normalized spacial score (nSPS) is 19.0. The van der Waals surface area contributed by atoms with Gasteiger partial charge < -0.3 is 5.32 Å². The average molecular weight is 377 g/mol. The molecule has 5 heteroatoms. The third kappa shape index (κ3) is 3.94. The maximum Gasteiger partial charge on any atom is 0.244 e. The summed E-state index contributed by atoms with van der Waals surface area (Å²) in [7, 11) is 0. The molecule has 0 bridgehead atoms. The zero-order valence-corrected chi connectivity index (χ0v) is 16.3. The van der Waals surface area contributed by atoms with Gasteiger partial charge >= 0.3 is 0 Å². The van der Waals surface area contributed by atoms with Crippen molar-refractivity contribution in [3.05, 3.63) is 60.2 Å². The van der Waals surface area contributed by atoms with Gasteiger partial charge in [0.1, 0.15) is 6.54 Å². The number of hydrogen-bond donors (Lipinski definition) is 1. The van der Waals surface area contributed by atoms with Crippen molar-refractivity contribution < 1.29 is 9.59 Å². The molecule has 0 radical (unpaired) electrons. The van der Waals surface area contributed by atoms with E-state index in [4.69, 9.17) is 0 Å². The topological polar surface area (TPSA) is 52.7 Å². The van der Waals surface area contributed by atoms with Crippen LogP contribution in [0.1, 0.15) is 25.3 Å². The molecule has 2 heterocycles. The highest BCUT2D eigenvalue weighted by Crippen LogP contribution is 2.30. The van der Waals surface area contributed by atoms with E-state index >= 15 is 0 Å². The van der Waals surface area contributed by atoms with Crippen LogP contribution in [0.5, 0.6) is 0 Å². The third-order valence-corrected chi connectivity index (χ3v) is 5.96. The number of likely N-dealkylation sites (tertiary alicyclic amines) is 1. The number of carbonyl (C=O) groups excluding carboxylic acids is 2. The Morgan fingerprint density at radius 1 is 1.07 bits per heavy atom. The quantitative estimate of drug-likeness (QED) is 0.889. The van der Waals surface area contributed by atoms with Crippen LogP contribution in [0, 0.1) is 5.92 Å². The molecule has 1 saturated heterocycles. The summed E-state index contributed by atoms with van der Waals surface area (Å²) in [6.07, 6.45) is 3.31. The number of nitrogens with one attached hydrogen (secondary N) is 1. The van der Waals surface area contributed by atoms with Crippen molar-refractivity contribution in [1.29, 1.82) is 0 Å². The van der Waals surface area contributed by atoms with Gasteiger partial charge in [-0.05, 0) is 62.9 Å². The second kappa shape index (κ2) is 8.15. The highest BCUT2D eigenvalue weighted by molar-refractivity contribution is 6.11. The van der Waals surface area contributed by atoms with Crippen LogP contribution in [-0.4, -0.2) is 42.4 Å². The lowest BCUT2D eigenvalue weighted by Crippen LogP contribution is -2.52. The van der Waals surface area contributed by atoms with Gasteiger partial charge in [0, 0.05) is 0 Å². The summed E-state index contributed by atoms with van der Waals surface area (Å²) >= 11 is 0. The number of anilines is 2. The van der Waals surface area contributed by atoms with Gasteiger partial charge in [0.15, 0.2) is 0 Å². The Hall–Kier alpha value is -2.66. The van der Waals surface area contributed by atoms with Crippen molar-refractivity contribution in [2.75, 3.05) is 29.9 Å². The fourth-order valence-corrected chi connectivity index (χ4v) is 4.30. The van der Waals surface area contributed by atoms with E-state index in [2.05, 4.69) is 40.5 Å². The molecule has 2 aliphatic heterocycles. The molecule has 5 nitrogen and oxygen atoms in total. The van der Waals surface area contributed by atoms with Crippen molar-refractivity contribution >= 4 is 23.2 Å². The molecule has 0 spiro atoms. The number of rotatable bonds is 4. The summed E-state index contributed by atoms with van der Waals surface area (Å²) in [6.45, 7) is 3.90. The van der Waals surface area contributed by atoms with Gasteiger partial charge in [0.2, 0.25) is 11.8 Å². The standard InChI is InChI=1S/C23H27N3O2/c1-17(23(28)26-16-22(27)24-20-9-5-6-10-21(20)26)25-13-11-19(12-14-25)15-18-7-3-2-4-8-18/h2-10,17,19H,11-16H2,1H3,(H,24,27)/t17-/m1/s1. The average Bonchev–Trinajstić information content (AvgIpc) is 2.73. The van der Waals surface area contributed by atoms with Crippen LogP contribution in [0.2, 0.25) is 0 Å². The maximum atomic E-state index is 13.2. The highest BCUT2D eigenvalue weighted by atomic mass is 16.2. The zero-order chi connectivity index (χ0) is 19.5. The summed E-state index contributed by atoms with van der Waals surface area (Å²) in [4.78, 5) is 29.1. The van der Waals surface area contributed by atoms with Crippen LogP contribution in [0.3, 0.4) is 0 Å². The predicted molar refractivity (Wildman–Crippen MR) is 111 cm³/mol. The largest absolute Gasteiger partial charge is 0.323 e. The van der Waals surface area contributed by atoms with Crippen molar-refractivity contribution in [2.24, 2.45) is 5.92 Å². The number of para-hydroxylation sites is 2. The minimum Gasteiger partial charge on any atom is -0.323 e. The van der Waals surface area contributed by atoms with E-state index in [1.165, 1.54) is 5.56 Å². The lowest BCUT2D eigenvalue weighted by molar-refractivity contribution is -0.125. The van der Waals surface area contributed by atoms with Crippen molar-refractivity contribution in [1.82, 2.24) is 4.90 Å². The van der Waals surface area contributed by atoms with Crippen LogP contribution in [-0.2, 0) is 16.0 Å². The number of benzene rings is 2. The molecule has 4 rings (SSSR count). The first-order valence-electron chi connectivity index (χ1n) is 10.1. The second-order valence-corrected chi connectivity index (χ2v) is 7.83. The predicted octanol–water partition coefficient (Wildman–Crippen LogP) is 3.31. The molecule has 0 saturated carbocycles. The van der Waals surface area contributed by atoms with Crippen LogP contribution >= 0.6 is 0 Å². The lowest BCUT2D eigenvalue weighted by atomic mass is 9.89. The van der Waals surface area contributed by atoms with Gasteiger partial charge in [0.25, 0.3) is 0 Å². The molecule has 2 amide bonds. The fourth-order valence-electron chi connectivity index (χ4n) is 4.30. The summed E-state index contributed by atoms with van der Waals surface area (Å²) in [6, 6.07) is 17.9. The number of piperidine rings is 1. The molecule has 1 fully saturated rings. The molecule has 2 aliphatic rings. The zero-order valence-electron chi connectivity index (χ0n) is 16.3. The van der Waals surface area contributed by atoms with E-state index in [9.17, 15) is 9.59 Å². The number of nitrogens with zero attached hydrogens (tertiary/aromatic N) is 2.